The van der Waals surface area contributed by atoms with E-state index in [-0.39, 0.29) is 18.3 Å². The van der Waals surface area contributed by atoms with Crippen molar-refractivity contribution in [1.29, 1.82) is 0 Å². The maximum atomic E-state index is 12.2. The number of furan rings is 1. The maximum absolute atomic E-state index is 12.2. The van der Waals surface area contributed by atoms with Crippen LogP contribution in [0.3, 0.4) is 0 Å². The first-order valence-electron chi connectivity index (χ1n) is 8.16. The summed E-state index contributed by atoms with van der Waals surface area (Å²) in [6, 6.07) is 17.1. The zero-order valence-corrected chi connectivity index (χ0v) is 14.6. The summed E-state index contributed by atoms with van der Waals surface area (Å²) < 4.78 is 15.7. The van der Waals surface area contributed by atoms with Crippen molar-refractivity contribution in [3.05, 3.63) is 72.7 Å². The number of methoxy groups -OCH3 is 1. The minimum Gasteiger partial charge on any atom is -0.497 e. The third kappa shape index (κ3) is 4.88. The zero-order chi connectivity index (χ0) is 19.1. The minimum atomic E-state index is -0.429. The largest absolute Gasteiger partial charge is 0.497 e. The molecule has 0 aliphatic heterocycles. The first-order chi connectivity index (χ1) is 13.2. The number of amides is 2. The Bertz CT molecular complexity index is 907. The lowest BCUT2D eigenvalue weighted by Crippen LogP contribution is -2.21. The summed E-state index contributed by atoms with van der Waals surface area (Å²) in [6.07, 6.45) is 1.41. The molecular formula is C20H18N2O5. The van der Waals surface area contributed by atoms with E-state index in [9.17, 15) is 9.59 Å². The second kappa shape index (κ2) is 8.57. The molecule has 2 aromatic carbocycles. The molecule has 0 aliphatic carbocycles. The predicted octanol–water partition coefficient (Wildman–Crippen LogP) is 3.56. The number of ether oxygens (including phenoxy) is 2. The van der Waals surface area contributed by atoms with Gasteiger partial charge in [-0.25, -0.2) is 0 Å². The summed E-state index contributed by atoms with van der Waals surface area (Å²) in [7, 11) is 1.51. The van der Waals surface area contributed by atoms with Gasteiger partial charge < -0.3 is 24.5 Å². The molecule has 3 rings (SSSR count). The number of carbonyl (C=O) groups is 2. The fourth-order valence-electron chi connectivity index (χ4n) is 2.31. The molecule has 0 bridgehead atoms. The number of hydrogen-bond donors (Lipinski definition) is 2. The molecule has 27 heavy (non-hydrogen) atoms. The Kier molecular flexibility index (Phi) is 5.73. The molecule has 0 aliphatic rings. The van der Waals surface area contributed by atoms with Crippen molar-refractivity contribution in [3.63, 3.8) is 0 Å². The first kappa shape index (κ1) is 18.1. The predicted molar refractivity (Wildman–Crippen MR) is 100 cm³/mol. The smallest absolute Gasteiger partial charge is 0.291 e. The first-order valence-corrected chi connectivity index (χ1v) is 8.16. The Morgan fingerprint density at radius 2 is 1.74 bits per heavy atom. The van der Waals surface area contributed by atoms with Gasteiger partial charge in [0.25, 0.3) is 11.8 Å². The molecule has 0 saturated heterocycles. The van der Waals surface area contributed by atoms with Gasteiger partial charge in [-0.3, -0.25) is 9.59 Å². The summed E-state index contributed by atoms with van der Waals surface area (Å²) in [5.41, 5.74) is 0.793. The second-order valence-corrected chi connectivity index (χ2v) is 5.49. The van der Waals surface area contributed by atoms with Crippen molar-refractivity contribution in [3.8, 4) is 11.5 Å². The molecule has 3 aromatic rings. The van der Waals surface area contributed by atoms with E-state index in [1.165, 1.54) is 13.4 Å². The molecule has 0 fully saturated rings. The van der Waals surface area contributed by atoms with Gasteiger partial charge in [-0.1, -0.05) is 18.2 Å². The van der Waals surface area contributed by atoms with Crippen molar-refractivity contribution in [2.45, 2.75) is 0 Å². The van der Waals surface area contributed by atoms with Crippen molar-refractivity contribution in [2.75, 3.05) is 24.4 Å². The highest BCUT2D eigenvalue weighted by atomic mass is 16.5. The van der Waals surface area contributed by atoms with E-state index in [1.54, 1.807) is 42.5 Å². The summed E-state index contributed by atoms with van der Waals surface area (Å²) in [5, 5.41) is 5.42. The van der Waals surface area contributed by atoms with Crippen LogP contribution in [0.25, 0.3) is 0 Å². The molecule has 1 aromatic heterocycles. The van der Waals surface area contributed by atoms with Crippen molar-refractivity contribution < 1.29 is 23.5 Å². The number of para-hydroxylation sites is 1. The minimum absolute atomic E-state index is 0.163. The van der Waals surface area contributed by atoms with E-state index < -0.39 is 5.91 Å². The normalized spacial score (nSPS) is 10.1. The van der Waals surface area contributed by atoms with E-state index in [1.807, 2.05) is 18.2 Å². The van der Waals surface area contributed by atoms with E-state index in [2.05, 4.69) is 10.6 Å². The van der Waals surface area contributed by atoms with Crippen LogP contribution >= 0.6 is 0 Å². The van der Waals surface area contributed by atoms with Crippen LogP contribution in [-0.4, -0.2) is 25.5 Å². The lowest BCUT2D eigenvalue weighted by Gasteiger charge is -2.13. The van der Waals surface area contributed by atoms with Crippen LogP contribution < -0.4 is 20.1 Å². The van der Waals surface area contributed by atoms with Gasteiger partial charge in [0.15, 0.2) is 12.4 Å². The molecule has 7 heteroatoms. The van der Waals surface area contributed by atoms with Gasteiger partial charge in [0.05, 0.1) is 24.7 Å². The fraction of sp³-hybridized carbons (Fsp3) is 0.100. The highest BCUT2D eigenvalue weighted by Crippen LogP contribution is 2.27. The number of anilines is 2. The Balaban J connectivity index is 1.70. The highest BCUT2D eigenvalue weighted by Gasteiger charge is 2.14. The quantitative estimate of drug-likeness (QED) is 0.667. The molecule has 2 amide bonds. The van der Waals surface area contributed by atoms with Gasteiger partial charge in [0.2, 0.25) is 0 Å². The van der Waals surface area contributed by atoms with Crippen molar-refractivity contribution >= 4 is 23.2 Å². The van der Waals surface area contributed by atoms with E-state index >= 15 is 0 Å². The summed E-state index contributed by atoms with van der Waals surface area (Å²) in [5.74, 6) is 0.479. The second-order valence-electron chi connectivity index (χ2n) is 5.49. The summed E-state index contributed by atoms with van der Waals surface area (Å²) in [4.78, 5) is 24.4. The van der Waals surface area contributed by atoms with Crippen LogP contribution in [-0.2, 0) is 4.79 Å². The Hall–Kier alpha value is -3.74. The number of rotatable bonds is 7. The Labute approximate surface area is 155 Å². The zero-order valence-electron chi connectivity index (χ0n) is 14.6. The third-order valence-corrected chi connectivity index (χ3v) is 3.61. The summed E-state index contributed by atoms with van der Waals surface area (Å²) >= 11 is 0. The number of nitrogens with one attached hydrogen (secondary N) is 2. The molecular weight excluding hydrogens is 348 g/mol. The SMILES string of the molecule is COc1ccc(NC(=O)c2ccco2)c(NC(=O)COc2ccccc2)c1. The van der Waals surface area contributed by atoms with Gasteiger partial charge >= 0.3 is 0 Å². The van der Waals surface area contributed by atoms with Crippen molar-refractivity contribution in [1.82, 2.24) is 0 Å². The van der Waals surface area contributed by atoms with Crippen molar-refractivity contribution in [2.24, 2.45) is 0 Å². The van der Waals surface area contributed by atoms with E-state index in [4.69, 9.17) is 13.9 Å². The van der Waals surface area contributed by atoms with Gasteiger partial charge in [-0.2, -0.15) is 0 Å². The molecule has 2 N–H and O–H groups in total. The third-order valence-electron chi connectivity index (χ3n) is 3.61. The topological polar surface area (TPSA) is 89.8 Å². The average molecular weight is 366 g/mol. The van der Waals surface area contributed by atoms with Gasteiger partial charge in [0, 0.05) is 6.07 Å². The fourth-order valence-corrected chi connectivity index (χ4v) is 2.31. The number of benzene rings is 2. The van der Waals surface area contributed by atoms with Gasteiger partial charge in [-0.15, -0.1) is 0 Å². The Morgan fingerprint density at radius 1 is 0.926 bits per heavy atom. The number of carbonyl (C=O) groups excluding carboxylic acids is 2. The van der Waals surface area contributed by atoms with Crippen LogP contribution in [0.1, 0.15) is 10.6 Å². The van der Waals surface area contributed by atoms with Crippen LogP contribution in [0.2, 0.25) is 0 Å². The van der Waals surface area contributed by atoms with Gasteiger partial charge in [-0.05, 0) is 36.4 Å². The van der Waals surface area contributed by atoms with E-state index in [0.717, 1.165) is 0 Å². The average Bonchev–Trinajstić information content (AvgIpc) is 3.23. The highest BCUT2D eigenvalue weighted by molar-refractivity contribution is 6.06. The summed E-state index contributed by atoms with van der Waals surface area (Å²) in [6.45, 7) is -0.174. The molecule has 7 nitrogen and oxygen atoms in total. The Morgan fingerprint density at radius 3 is 2.44 bits per heavy atom. The number of hydrogen-bond acceptors (Lipinski definition) is 5. The van der Waals surface area contributed by atoms with Crippen LogP contribution in [0.15, 0.2) is 71.3 Å². The standard InChI is InChI=1S/C20H18N2O5/c1-25-15-9-10-16(22-20(24)18-8-5-11-26-18)17(12-15)21-19(23)13-27-14-6-3-2-4-7-14/h2-12H,13H2,1H3,(H,21,23)(H,22,24). The molecule has 0 atom stereocenters. The van der Waals surface area contributed by atoms with Crippen LogP contribution in [0.4, 0.5) is 11.4 Å². The van der Waals surface area contributed by atoms with Crippen LogP contribution in [0.5, 0.6) is 11.5 Å². The molecule has 0 unspecified atom stereocenters. The van der Waals surface area contributed by atoms with Gasteiger partial charge in [0.1, 0.15) is 11.5 Å². The molecule has 1 heterocycles. The van der Waals surface area contributed by atoms with Crippen LogP contribution in [0, 0.1) is 0 Å². The maximum Gasteiger partial charge on any atom is 0.291 e. The molecule has 138 valence electrons. The monoisotopic (exact) mass is 366 g/mol. The van der Waals surface area contributed by atoms with E-state index in [0.29, 0.717) is 22.9 Å². The molecule has 0 spiro atoms. The molecule has 0 saturated carbocycles. The lowest BCUT2D eigenvalue weighted by molar-refractivity contribution is -0.118. The lowest BCUT2D eigenvalue weighted by atomic mass is 10.2. The molecule has 0 radical (unpaired) electrons.